The average Bonchev–Trinajstić information content (AvgIpc) is 3.15. The summed E-state index contributed by atoms with van der Waals surface area (Å²) in [5.41, 5.74) is 0. The molecule has 5 aliphatic rings. The third kappa shape index (κ3) is 3.07. The molecule has 7 heteroatoms. The number of hydrogen-bond acceptors (Lipinski definition) is 3. The first-order valence-electron chi connectivity index (χ1n) is 10.5. The lowest BCUT2D eigenvalue weighted by molar-refractivity contribution is -0.128. The van der Waals surface area contributed by atoms with Crippen molar-refractivity contribution in [1.29, 1.82) is 0 Å². The Bertz CT molecular complexity index is 859. The van der Waals surface area contributed by atoms with E-state index in [1.165, 1.54) is 54.6 Å². The van der Waals surface area contributed by atoms with Gasteiger partial charge in [0.1, 0.15) is 11.9 Å². The van der Waals surface area contributed by atoms with Crippen LogP contribution in [0.1, 0.15) is 44.9 Å². The van der Waals surface area contributed by atoms with Crippen molar-refractivity contribution in [2.45, 2.75) is 61.9 Å². The number of hydrogen-bond donors (Lipinski definition) is 1. The van der Waals surface area contributed by atoms with Crippen molar-refractivity contribution in [3.63, 3.8) is 0 Å². The lowest BCUT2D eigenvalue weighted by Gasteiger charge is -2.54. The highest BCUT2D eigenvalue weighted by Gasteiger charge is 2.49. The van der Waals surface area contributed by atoms with Crippen molar-refractivity contribution in [1.82, 2.24) is 9.62 Å². The number of benzene rings is 1. The average molecular weight is 407 g/mol. The van der Waals surface area contributed by atoms with E-state index in [1.54, 1.807) is 0 Å². The van der Waals surface area contributed by atoms with E-state index in [0.717, 1.165) is 17.9 Å². The van der Waals surface area contributed by atoms with Gasteiger partial charge < -0.3 is 5.32 Å². The third-order valence-corrected chi connectivity index (χ3v) is 9.35. The smallest absolute Gasteiger partial charge is 0.243 e. The van der Waals surface area contributed by atoms with Gasteiger partial charge in [0.05, 0.1) is 4.90 Å². The third-order valence-electron chi connectivity index (χ3n) is 7.44. The topological polar surface area (TPSA) is 66.5 Å². The molecule has 1 saturated heterocycles. The van der Waals surface area contributed by atoms with E-state index in [1.807, 2.05) is 0 Å². The van der Waals surface area contributed by atoms with Crippen LogP contribution in [-0.2, 0) is 14.8 Å². The fourth-order valence-corrected chi connectivity index (χ4v) is 8.16. The predicted octanol–water partition coefficient (Wildman–Crippen LogP) is 2.92. The van der Waals surface area contributed by atoms with Gasteiger partial charge in [-0.2, -0.15) is 4.31 Å². The van der Waals surface area contributed by atoms with E-state index in [2.05, 4.69) is 5.32 Å². The Morgan fingerprint density at radius 3 is 2.39 bits per heavy atom. The van der Waals surface area contributed by atoms with Gasteiger partial charge in [0.2, 0.25) is 15.9 Å². The van der Waals surface area contributed by atoms with Crippen LogP contribution in [0, 0.1) is 29.5 Å². The lowest BCUT2D eigenvalue weighted by Crippen LogP contribution is -2.58. The van der Waals surface area contributed by atoms with Gasteiger partial charge in [-0.1, -0.05) is 6.07 Å². The summed E-state index contributed by atoms with van der Waals surface area (Å²) in [6.07, 6.45) is 7.33. The second kappa shape index (κ2) is 6.80. The Balaban J connectivity index is 1.33. The fraction of sp³-hybridized carbons (Fsp3) is 0.667. The zero-order valence-electron chi connectivity index (χ0n) is 15.9. The van der Waals surface area contributed by atoms with Crippen LogP contribution in [0.4, 0.5) is 4.39 Å². The minimum Gasteiger partial charge on any atom is -0.351 e. The number of nitrogens with one attached hydrogen (secondary N) is 1. The fourth-order valence-electron chi connectivity index (χ4n) is 6.47. The Morgan fingerprint density at radius 1 is 1.07 bits per heavy atom. The molecule has 1 aromatic rings. The molecule has 0 spiro atoms. The maximum atomic E-state index is 13.6. The summed E-state index contributed by atoms with van der Waals surface area (Å²) in [6, 6.07) is 4.54. The van der Waals surface area contributed by atoms with Crippen molar-refractivity contribution in [2.24, 2.45) is 23.7 Å². The molecule has 1 heterocycles. The van der Waals surface area contributed by atoms with Gasteiger partial charge in [-0.25, -0.2) is 12.8 Å². The summed E-state index contributed by atoms with van der Waals surface area (Å²) in [4.78, 5) is 13.0. The Hall–Kier alpha value is -1.47. The second-order valence-corrected chi connectivity index (χ2v) is 11.1. The molecule has 152 valence electrons. The summed E-state index contributed by atoms with van der Waals surface area (Å²) >= 11 is 0. The summed E-state index contributed by atoms with van der Waals surface area (Å²) in [5.74, 6) is 1.99. The summed E-state index contributed by atoms with van der Waals surface area (Å²) in [5, 5.41) is 3.25. The van der Waals surface area contributed by atoms with E-state index < -0.39 is 21.9 Å². The van der Waals surface area contributed by atoms with E-state index >= 15 is 0 Å². The standard InChI is InChI=1S/C21H27FN2O3S/c22-17-3-1-4-18(12-17)28(26,27)24-6-2-5-19(24)21(25)23-20-15-8-13-7-14(10-15)11-16(20)9-13/h1,3-4,12-16,19-20H,2,5-11H2,(H,23,25). The molecule has 1 aromatic carbocycles. The van der Waals surface area contributed by atoms with Gasteiger partial charge in [-0.05, 0) is 86.8 Å². The number of nitrogens with zero attached hydrogens (tertiary/aromatic N) is 1. The number of carbonyl (C=O) groups is 1. The zero-order valence-corrected chi connectivity index (χ0v) is 16.7. The molecular weight excluding hydrogens is 379 g/mol. The quantitative estimate of drug-likeness (QED) is 0.836. The Labute approximate surface area is 165 Å². The van der Waals surface area contributed by atoms with E-state index in [0.29, 0.717) is 31.2 Å². The first kappa shape index (κ1) is 18.6. The van der Waals surface area contributed by atoms with E-state index in [-0.39, 0.29) is 16.8 Å². The molecule has 4 bridgehead atoms. The molecule has 5 nitrogen and oxygen atoms in total. The monoisotopic (exact) mass is 406 g/mol. The molecule has 1 aliphatic heterocycles. The molecule has 4 saturated carbocycles. The van der Waals surface area contributed by atoms with Gasteiger partial charge >= 0.3 is 0 Å². The number of halogens is 1. The highest BCUT2D eigenvalue weighted by molar-refractivity contribution is 7.89. The molecule has 1 atom stereocenters. The molecule has 0 aromatic heterocycles. The van der Waals surface area contributed by atoms with Crippen LogP contribution in [0.15, 0.2) is 29.2 Å². The van der Waals surface area contributed by atoms with Crippen LogP contribution in [0.3, 0.4) is 0 Å². The molecule has 28 heavy (non-hydrogen) atoms. The highest BCUT2D eigenvalue weighted by atomic mass is 32.2. The number of amides is 1. The minimum atomic E-state index is -3.88. The lowest BCUT2D eigenvalue weighted by atomic mass is 9.54. The van der Waals surface area contributed by atoms with Crippen LogP contribution < -0.4 is 5.32 Å². The number of rotatable bonds is 4. The first-order chi connectivity index (χ1) is 13.4. The maximum absolute atomic E-state index is 13.6. The number of carbonyl (C=O) groups excluding carboxylic acids is 1. The Kier molecular flexibility index (Phi) is 4.51. The molecular formula is C21H27FN2O3S. The van der Waals surface area contributed by atoms with Gasteiger partial charge in [-0.15, -0.1) is 0 Å². The summed E-state index contributed by atoms with van der Waals surface area (Å²) < 4.78 is 40.9. The summed E-state index contributed by atoms with van der Waals surface area (Å²) in [7, 11) is -3.88. The van der Waals surface area contributed by atoms with Crippen LogP contribution in [0.5, 0.6) is 0 Å². The van der Waals surface area contributed by atoms with E-state index in [9.17, 15) is 17.6 Å². The molecule has 1 unspecified atom stereocenters. The van der Waals surface area contributed by atoms with Crippen LogP contribution >= 0.6 is 0 Å². The van der Waals surface area contributed by atoms with Crippen molar-refractivity contribution in [2.75, 3.05) is 6.54 Å². The van der Waals surface area contributed by atoms with Crippen molar-refractivity contribution in [3.05, 3.63) is 30.1 Å². The maximum Gasteiger partial charge on any atom is 0.243 e. The Morgan fingerprint density at radius 2 is 1.75 bits per heavy atom. The largest absolute Gasteiger partial charge is 0.351 e. The molecule has 4 aliphatic carbocycles. The van der Waals surface area contributed by atoms with Crippen molar-refractivity contribution < 1.29 is 17.6 Å². The van der Waals surface area contributed by atoms with Gasteiger partial charge in [0, 0.05) is 12.6 Å². The number of sulfonamides is 1. The highest BCUT2D eigenvalue weighted by Crippen LogP contribution is 2.53. The van der Waals surface area contributed by atoms with Crippen molar-refractivity contribution >= 4 is 15.9 Å². The van der Waals surface area contributed by atoms with Crippen LogP contribution in [0.25, 0.3) is 0 Å². The van der Waals surface area contributed by atoms with E-state index in [4.69, 9.17) is 0 Å². The predicted molar refractivity (Wildman–Crippen MR) is 102 cm³/mol. The van der Waals surface area contributed by atoms with Gasteiger partial charge in [-0.3, -0.25) is 4.79 Å². The normalized spacial score (nSPS) is 37.3. The molecule has 5 fully saturated rings. The molecule has 6 rings (SSSR count). The molecule has 0 radical (unpaired) electrons. The molecule has 1 N–H and O–H groups in total. The second-order valence-electron chi connectivity index (χ2n) is 9.20. The van der Waals surface area contributed by atoms with Crippen molar-refractivity contribution in [3.8, 4) is 0 Å². The van der Waals surface area contributed by atoms with Crippen LogP contribution in [0.2, 0.25) is 0 Å². The summed E-state index contributed by atoms with van der Waals surface area (Å²) in [6.45, 7) is 0.304. The first-order valence-corrected chi connectivity index (χ1v) is 11.9. The van der Waals surface area contributed by atoms with Gasteiger partial charge in [0.15, 0.2) is 0 Å². The van der Waals surface area contributed by atoms with Crippen LogP contribution in [-0.4, -0.2) is 37.3 Å². The van der Waals surface area contributed by atoms with Gasteiger partial charge in [0.25, 0.3) is 0 Å². The zero-order chi connectivity index (χ0) is 19.5. The minimum absolute atomic E-state index is 0.0816. The SMILES string of the molecule is O=C(NC1C2CC3CC(C2)CC1C3)C1CCCN1S(=O)(=O)c1cccc(F)c1. The molecule has 1 amide bonds.